The van der Waals surface area contributed by atoms with Crippen LogP contribution in [0, 0.1) is 0 Å². The molecule has 1 aromatic carbocycles. The van der Waals surface area contributed by atoms with Crippen molar-refractivity contribution in [1.29, 1.82) is 0 Å². The van der Waals surface area contributed by atoms with E-state index in [-0.39, 0.29) is 6.61 Å². The average Bonchev–Trinajstić information content (AvgIpc) is 3.01. The van der Waals surface area contributed by atoms with E-state index < -0.39 is 0 Å². The predicted molar refractivity (Wildman–Crippen MR) is 93.0 cm³/mol. The largest absolute Gasteiger partial charge is 0.493 e. The zero-order valence-electron chi connectivity index (χ0n) is 13.4. The number of ether oxygens (including phenoxy) is 2. The number of aliphatic hydroxyl groups is 1. The molecule has 0 bridgehead atoms. The van der Waals surface area contributed by atoms with E-state index in [9.17, 15) is 5.11 Å². The second-order valence-corrected chi connectivity index (χ2v) is 6.90. The monoisotopic (exact) mass is 342 g/mol. The van der Waals surface area contributed by atoms with Gasteiger partial charge in [0.2, 0.25) is 5.88 Å². The van der Waals surface area contributed by atoms with E-state index in [0.29, 0.717) is 17.4 Å². The van der Waals surface area contributed by atoms with Gasteiger partial charge in [-0.15, -0.1) is 11.3 Å². The molecule has 1 aliphatic carbocycles. The summed E-state index contributed by atoms with van der Waals surface area (Å²) < 4.78 is 11.5. The van der Waals surface area contributed by atoms with E-state index >= 15 is 0 Å². The third kappa shape index (κ3) is 2.61. The van der Waals surface area contributed by atoms with Crippen molar-refractivity contribution in [3.63, 3.8) is 0 Å². The number of aliphatic hydroxyl groups excluding tert-OH is 1. The number of thiophene rings is 1. The fourth-order valence-corrected chi connectivity index (χ4v) is 4.36. The molecule has 0 fully saturated rings. The Morgan fingerprint density at radius 2 is 2.04 bits per heavy atom. The van der Waals surface area contributed by atoms with E-state index in [1.807, 2.05) is 6.07 Å². The summed E-state index contributed by atoms with van der Waals surface area (Å²) in [5.41, 5.74) is 2.11. The van der Waals surface area contributed by atoms with Gasteiger partial charge in [0.25, 0.3) is 0 Å². The van der Waals surface area contributed by atoms with Gasteiger partial charge < -0.3 is 14.6 Å². The first-order valence-electron chi connectivity index (χ1n) is 8.01. The maximum Gasteiger partial charge on any atom is 0.231 e. The molecule has 4 rings (SSSR count). The van der Waals surface area contributed by atoms with Crippen LogP contribution >= 0.6 is 11.3 Å². The average molecular weight is 342 g/mol. The van der Waals surface area contributed by atoms with Crippen LogP contribution in [-0.4, -0.2) is 22.2 Å². The second kappa shape index (κ2) is 6.37. The Balaban J connectivity index is 1.79. The number of aryl methyl sites for hydroxylation is 2. The van der Waals surface area contributed by atoms with Crippen LogP contribution in [0.5, 0.6) is 17.4 Å². The summed E-state index contributed by atoms with van der Waals surface area (Å²) in [5, 5.41) is 10.3. The van der Waals surface area contributed by atoms with Crippen molar-refractivity contribution in [3.8, 4) is 17.4 Å². The lowest BCUT2D eigenvalue weighted by Gasteiger charge is -2.13. The van der Waals surface area contributed by atoms with Crippen LogP contribution in [0.4, 0.5) is 0 Å². The first-order valence-corrected chi connectivity index (χ1v) is 8.82. The normalized spacial score (nSPS) is 13.8. The van der Waals surface area contributed by atoms with E-state index in [4.69, 9.17) is 9.47 Å². The number of hydrogen-bond donors (Lipinski definition) is 1. The Morgan fingerprint density at radius 1 is 1.17 bits per heavy atom. The van der Waals surface area contributed by atoms with Crippen molar-refractivity contribution >= 4 is 21.6 Å². The first kappa shape index (κ1) is 15.4. The molecule has 24 heavy (non-hydrogen) atoms. The molecule has 2 aromatic heterocycles. The Kier molecular flexibility index (Phi) is 4.08. The topological polar surface area (TPSA) is 64.5 Å². The van der Waals surface area contributed by atoms with Gasteiger partial charge in [-0.3, -0.25) is 0 Å². The standard InChI is InChI=1S/C18H18N2O3S/c1-22-14-8-11(9-21)6-7-13(14)23-17-16-12-4-2-3-5-15(12)24-18(16)20-10-19-17/h6-8,10,21H,2-5,9H2,1H3. The molecule has 0 aliphatic heterocycles. The van der Waals surface area contributed by atoms with Crippen molar-refractivity contribution in [1.82, 2.24) is 9.97 Å². The summed E-state index contributed by atoms with van der Waals surface area (Å²) in [5.74, 6) is 1.75. The summed E-state index contributed by atoms with van der Waals surface area (Å²) >= 11 is 1.75. The molecule has 0 unspecified atom stereocenters. The van der Waals surface area contributed by atoms with Crippen molar-refractivity contribution in [2.24, 2.45) is 0 Å². The number of fused-ring (bicyclic) bond motifs is 3. The minimum Gasteiger partial charge on any atom is -0.493 e. The van der Waals surface area contributed by atoms with Crippen molar-refractivity contribution in [2.45, 2.75) is 32.3 Å². The number of methoxy groups -OCH3 is 1. The molecule has 1 N–H and O–H groups in total. The molecule has 1 aliphatic rings. The lowest BCUT2D eigenvalue weighted by Crippen LogP contribution is -2.00. The Morgan fingerprint density at radius 3 is 2.88 bits per heavy atom. The minimum atomic E-state index is -0.0353. The van der Waals surface area contributed by atoms with Crippen molar-refractivity contribution in [3.05, 3.63) is 40.5 Å². The van der Waals surface area contributed by atoms with Crippen molar-refractivity contribution in [2.75, 3.05) is 7.11 Å². The van der Waals surface area contributed by atoms with Crippen LogP contribution < -0.4 is 9.47 Å². The van der Waals surface area contributed by atoms with Gasteiger partial charge in [0.1, 0.15) is 11.2 Å². The van der Waals surface area contributed by atoms with E-state index in [1.165, 1.54) is 23.3 Å². The van der Waals surface area contributed by atoms with Gasteiger partial charge in [0.15, 0.2) is 11.5 Å². The zero-order chi connectivity index (χ0) is 16.5. The molecule has 0 spiro atoms. The van der Waals surface area contributed by atoms with E-state index in [2.05, 4.69) is 9.97 Å². The molecule has 0 amide bonds. The molecule has 0 radical (unpaired) electrons. The third-order valence-corrected chi connectivity index (χ3v) is 5.53. The summed E-state index contributed by atoms with van der Waals surface area (Å²) in [7, 11) is 1.59. The molecule has 6 heteroatoms. The van der Waals surface area contributed by atoms with Gasteiger partial charge in [-0.05, 0) is 48.9 Å². The highest BCUT2D eigenvalue weighted by Crippen LogP contribution is 2.41. The minimum absolute atomic E-state index is 0.0353. The summed E-state index contributed by atoms with van der Waals surface area (Å²) in [6.45, 7) is -0.0353. The van der Waals surface area contributed by atoms with Crippen LogP contribution in [0.2, 0.25) is 0 Å². The van der Waals surface area contributed by atoms with Crippen LogP contribution in [0.3, 0.4) is 0 Å². The molecule has 2 heterocycles. The van der Waals surface area contributed by atoms with Crippen LogP contribution in [-0.2, 0) is 19.4 Å². The fourth-order valence-electron chi connectivity index (χ4n) is 3.14. The Bertz CT molecular complexity index is 891. The molecule has 3 aromatic rings. The van der Waals surface area contributed by atoms with E-state index in [0.717, 1.165) is 28.6 Å². The Hall–Kier alpha value is -2.18. The molecule has 0 atom stereocenters. The molecule has 5 nitrogen and oxygen atoms in total. The predicted octanol–water partition coefficient (Wildman–Crippen LogP) is 3.86. The lowest BCUT2D eigenvalue weighted by atomic mass is 9.97. The van der Waals surface area contributed by atoms with Gasteiger partial charge >= 0.3 is 0 Å². The number of hydrogen-bond acceptors (Lipinski definition) is 6. The van der Waals surface area contributed by atoms with Crippen LogP contribution in [0.15, 0.2) is 24.5 Å². The SMILES string of the molecule is COc1cc(CO)ccc1Oc1ncnc2sc3c(c12)CCCC3. The first-order chi connectivity index (χ1) is 11.8. The number of benzene rings is 1. The van der Waals surface area contributed by atoms with E-state index in [1.54, 1.807) is 36.9 Å². The number of rotatable bonds is 4. The van der Waals surface area contributed by atoms with Gasteiger partial charge in [-0.2, -0.15) is 0 Å². The zero-order valence-corrected chi connectivity index (χ0v) is 14.2. The van der Waals surface area contributed by atoms with Gasteiger partial charge in [-0.25, -0.2) is 9.97 Å². The highest BCUT2D eigenvalue weighted by atomic mass is 32.1. The van der Waals surface area contributed by atoms with Crippen LogP contribution in [0.25, 0.3) is 10.2 Å². The highest BCUT2D eigenvalue weighted by molar-refractivity contribution is 7.18. The summed E-state index contributed by atoms with van der Waals surface area (Å²) in [6, 6.07) is 5.40. The quantitative estimate of drug-likeness (QED) is 0.780. The van der Waals surface area contributed by atoms with Gasteiger partial charge in [0, 0.05) is 4.88 Å². The molecule has 0 saturated heterocycles. The van der Waals surface area contributed by atoms with Crippen LogP contribution in [0.1, 0.15) is 28.8 Å². The smallest absolute Gasteiger partial charge is 0.231 e. The molecule has 0 saturated carbocycles. The lowest BCUT2D eigenvalue weighted by molar-refractivity contribution is 0.280. The molecular formula is C18H18N2O3S. The summed E-state index contributed by atoms with van der Waals surface area (Å²) in [6.07, 6.45) is 6.15. The molecule has 124 valence electrons. The third-order valence-electron chi connectivity index (χ3n) is 4.33. The van der Waals surface area contributed by atoms with Crippen molar-refractivity contribution < 1.29 is 14.6 Å². The number of nitrogens with zero attached hydrogens (tertiary/aromatic N) is 2. The maximum atomic E-state index is 9.27. The van der Waals surface area contributed by atoms with Gasteiger partial charge in [0.05, 0.1) is 19.1 Å². The highest BCUT2D eigenvalue weighted by Gasteiger charge is 2.21. The summed E-state index contributed by atoms with van der Waals surface area (Å²) in [4.78, 5) is 11.2. The maximum absolute atomic E-state index is 9.27. The fraction of sp³-hybridized carbons (Fsp3) is 0.333. The number of aromatic nitrogens is 2. The Labute approximate surface area is 143 Å². The van der Waals surface area contributed by atoms with Gasteiger partial charge in [-0.1, -0.05) is 6.07 Å². The molecular weight excluding hydrogens is 324 g/mol. The second-order valence-electron chi connectivity index (χ2n) is 5.82.